The van der Waals surface area contributed by atoms with E-state index in [0.29, 0.717) is 6.04 Å². The second kappa shape index (κ2) is 7.22. The Balaban J connectivity index is 1.86. The van der Waals surface area contributed by atoms with Crippen LogP contribution in [0.2, 0.25) is 0 Å². The number of nitrogens with one attached hydrogen (secondary N) is 1. The van der Waals surface area contributed by atoms with Crippen molar-refractivity contribution in [3.05, 3.63) is 0 Å². The Kier molecular flexibility index (Phi) is 5.60. The molecular weight excluding hydrogens is 240 g/mol. The number of carbonyl (C=O) groups excluding carboxylic acids is 1. The summed E-state index contributed by atoms with van der Waals surface area (Å²) in [6, 6.07) is 0.604. The van der Waals surface area contributed by atoms with Crippen LogP contribution in [0.3, 0.4) is 0 Å². The van der Waals surface area contributed by atoms with E-state index >= 15 is 0 Å². The minimum absolute atomic E-state index is 0.0996. The van der Waals surface area contributed by atoms with Crippen molar-refractivity contribution in [2.45, 2.75) is 44.7 Å². The molecule has 0 aromatic carbocycles. The third-order valence-electron chi connectivity index (χ3n) is 4.56. The van der Waals surface area contributed by atoms with Gasteiger partial charge in [0.1, 0.15) is 0 Å². The maximum atomic E-state index is 12.1. The number of hydrogen-bond acceptors (Lipinski definition) is 4. The predicted octanol–water partition coefficient (Wildman–Crippen LogP) is 0.0100. The highest BCUT2D eigenvalue weighted by atomic mass is 16.2. The smallest absolute Gasteiger partial charge is 0.237 e. The molecule has 0 saturated carbocycles. The van der Waals surface area contributed by atoms with Crippen LogP contribution in [0.4, 0.5) is 0 Å². The van der Waals surface area contributed by atoms with Gasteiger partial charge in [-0.1, -0.05) is 6.92 Å². The fraction of sp³-hybridized carbons (Fsp3) is 0.929. The molecule has 2 unspecified atom stereocenters. The van der Waals surface area contributed by atoms with Crippen LogP contribution in [-0.2, 0) is 4.79 Å². The lowest BCUT2D eigenvalue weighted by Crippen LogP contribution is -2.57. The Morgan fingerprint density at radius 1 is 1.32 bits per heavy atom. The highest BCUT2D eigenvalue weighted by molar-refractivity contribution is 5.81. The molecule has 1 amide bonds. The highest BCUT2D eigenvalue weighted by Gasteiger charge is 2.30. The van der Waals surface area contributed by atoms with Crippen molar-refractivity contribution in [3.63, 3.8) is 0 Å². The molecule has 2 rings (SSSR count). The molecule has 0 spiro atoms. The van der Waals surface area contributed by atoms with E-state index in [4.69, 9.17) is 5.73 Å². The third kappa shape index (κ3) is 3.68. The lowest BCUT2D eigenvalue weighted by molar-refractivity contribution is -0.127. The van der Waals surface area contributed by atoms with Gasteiger partial charge in [0, 0.05) is 45.3 Å². The summed E-state index contributed by atoms with van der Waals surface area (Å²) in [5, 5.41) is 3.03. The van der Waals surface area contributed by atoms with E-state index in [2.05, 4.69) is 22.0 Å². The molecule has 0 aromatic rings. The average molecular weight is 268 g/mol. The second-order valence-electron chi connectivity index (χ2n) is 5.67. The zero-order chi connectivity index (χ0) is 13.7. The normalized spacial score (nSPS) is 28.7. The number of rotatable bonds is 4. The number of carbonyl (C=O) groups is 1. The zero-order valence-corrected chi connectivity index (χ0v) is 12.1. The molecular formula is C14H28N4O. The molecule has 0 aromatic heterocycles. The van der Waals surface area contributed by atoms with Crippen molar-refractivity contribution in [3.8, 4) is 0 Å². The molecule has 0 bridgehead atoms. The topological polar surface area (TPSA) is 61.6 Å². The minimum atomic E-state index is 0.0996. The lowest BCUT2D eigenvalue weighted by atomic mass is 10.1. The average Bonchev–Trinajstić information content (AvgIpc) is 2.66. The van der Waals surface area contributed by atoms with Gasteiger partial charge in [-0.25, -0.2) is 0 Å². The Hall–Kier alpha value is -0.650. The summed E-state index contributed by atoms with van der Waals surface area (Å²) in [6.45, 7) is 7.85. The molecule has 2 fully saturated rings. The van der Waals surface area contributed by atoms with Gasteiger partial charge in [-0.2, -0.15) is 0 Å². The summed E-state index contributed by atoms with van der Waals surface area (Å²) in [5.74, 6) is 0.233. The lowest BCUT2D eigenvalue weighted by Gasteiger charge is -2.41. The van der Waals surface area contributed by atoms with Crippen molar-refractivity contribution in [1.82, 2.24) is 15.1 Å². The standard InChI is InChI=1S/C14H28N4O/c1-2-12(11-15)17-7-9-18(10-8-17)13-5-3-4-6-16-14(13)19/h12-13H,2-11,15H2,1H3,(H,16,19). The first-order chi connectivity index (χ1) is 9.26. The number of amides is 1. The minimum Gasteiger partial charge on any atom is -0.355 e. The first-order valence-corrected chi connectivity index (χ1v) is 7.72. The summed E-state index contributed by atoms with van der Waals surface area (Å²) in [6.07, 6.45) is 4.40. The van der Waals surface area contributed by atoms with Crippen molar-refractivity contribution in [2.75, 3.05) is 39.3 Å². The summed E-state index contributed by atoms with van der Waals surface area (Å²) < 4.78 is 0. The zero-order valence-electron chi connectivity index (χ0n) is 12.1. The molecule has 2 aliphatic rings. The SMILES string of the molecule is CCC(CN)N1CCN(C2CCCCNC2=O)CC1. The van der Waals surface area contributed by atoms with Gasteiger partial charge in [0.15, 0.2) is 0 Å². The van der Waals surface area contributed by atoms with Gasteiger partial charge in [0.2, 0.25) is 5.91 Å². The van der Waals surface area contributed by atoms with E-state index in [1.165, 1.54) is 0 Å². The molecule has 2 atom stereocenters. The van der Waals surface area contributed by atoms with Crippen LogP contribution < -0.4 is 11.1 Å². The van der Waals surface area contributed by atoms with Gasteiger partial charge < -0.3 is 11.1 Å². The van der Waals surface area contributed by atoms with Crippen molar-refractivity contribution in [1.29, 1.82) is 0 Å². The van der Waals surface area contributed by atoms with Gasteiger partial charge in [-0.15, -0.1) is 0 Å². The Bertz CT molecular complexity index is 285. The maximum absolute atomic E-state index is 12.1. The monoisotopic (exact) mass is 268 g/mol. The number of nitrogens with two attached hydrogens (primary N) is 1. The van der Waals surface area contributed by atoms with Gasteiger partial charge in [0.25, 0.3) is 0 Å². The molecule has 2 saturated heterocycles. The van der Waals surface area contributed by atoms with Gasteiger partial charge >= 0.3 is 0 Å². The van der Waals surface area contributed by atoms with Crippen molar-refractivity contribution in [2.24, 2.45) is 5.73 Å². The fourth-order valence-electron chi connectivity index (χ4n) is 3.26. The van der Waals surface area contributed by atoms with E-state index in [9.17, 15) is 4.79 Å². The molecule has 0 radical (unpaired) electrons. The van der Waals surface area contributed by atoms with Crippen molar-refractivity contribution >= 4 is 5.91 Å². The molecule has 5 heteroatoms. The van der Waals surface area contributed by atoms with Crippen LogP contribution >= 0.6 is 0 Å². The van der Waals surface area contributed by atoms with Crippen LogP contribution in [0, 0.1) is 0 Å². The maximum Gasteiger partial charge on any atom is 0.237 e. The van der Waals surface area contributed by atoms with Crippen LogP contribution in [0.25, 0.3) is 0 Å². The Labute approximate surface area is 116 Å². The number of hydrogen-bond donors (Lipinski definition) is 2. The first kappa shape index (κ1) is 14.8. The summed E-state index contributed by atoms with van der Waals surface area (Å²) >= 11 is 0. The summed E-state index contributed by atoms with van der Waals surface area (Å²) in [4.78, 5) is 16.9. The molecule has 0 aliphatic carbocycles. The quantitative estimate of drug-likeness (QED) is 0.754. The van der Waals surface area contributed by atoms with Gasteiger partial charge in [0.05, 0.1) is 6.04 Å². The molecule has 110 valence electrons. The Morgan fingerprint density at radius 3 is 2.68 bits per heavy atom. The first-order valence-electron chi connectivity index (χ1n) is 7.72. The second-order valence-corrected chi connectivity index (χ2v) is 5.67. The van der Waals surface area contributed by atoms with E-state index in [-0.39, 0.29) is 11.9 Å². The van der Waals surface area contributed by atoms with Crippen LogP contribution in [0.1, 0.15) is 32.6 Å². The molecule has 2 aliphatic heterocycles. The number of piperazine rings is 1. The molecule has 3 N–H and O–H groups in total. The fourth-order valence-corrected chi connectivity index (χ4v) is 3.26. The van der Waals surface area contributed by atoms with E-state index in [0.717, 1.165) is 65.0 Å². The summed E-state index contributed by atoms with van der Waals surface area (Å²) in [5.41, 5.74) is 5.81. The number of nitrogens with zero attached hydrogens (tertiary/aromatic N) is 2. The third-order valence-corrected chi connectivity index (χ3v) is 4.56. The van der Waals surface area contributed by atoms with Crippen LogP contribution in [-0.4, -0.2) is 67.1 Å². The Morgan fingerprint density at radius 2 is 2.05 bits per heavy atom. The van der Waals surface area contributed by atoms with E-state index in [1.807, 2.05) is 0 Å². The highest BCUT2D eigenvalue weighted by Crippen LogP contribution is 2.16. The van der Waals surface area contributed by atoms with Gasteiger partial charge in [-0.05, 0) is 25.7 Å². The predicted molar refractivity (Wildman–Crippen MR) is 76.9 cm³/mol. The summed E-state index contributed by atoms with van der Waals surface area (Å²) in [7, 11) is 0. The van der Waals surface area contributed by atoms with E-state index in [1.54, 1.807) is 0 Å². The van der Waals surface area contributed by atoms with Crippen molar-refractivity contribution < 1.29 is 4.79 Å². The van der Waals surface area contributed by atoms with Crippen LogP contribution in [0.5, 0.6) is 0 Å². The molecule has 2 heterocycles. The van der Waals surface area contributed by atoms with Crippen LogP contribution in [0.15, 0.2) is 0 Å². The van der Waals surface area contributed by atoms with Gasteiger partial charge in [-0.3, -0.25) is 14.6 Å². The largest absolute Gasteiger partial charge is 0.355 e. The molecule has 5 nitrogen and oxygen atoms in total. The molecule has 19 heavy (non-hydrogen) atoms. The van der Waals surface area contributed by atoms with E-state index < -0.39 is 0 Å².